The van der Waals surface area contributed by atoms with Gasteiger partial charge in [-0.05, 0) is 18.4 Å². The molecule has 1 fully saturated rings. The van der Waals surface area contributed by atoms with E-state index in [0.29, 0.717) is 0 Å². The Morgan fingerprint density at radius 3 is 2.37 bits per heavy atom. The van der Waals surface area contributed by atoms with Crippen LogP contribution in [0, 0.1) is 0 Å². The predicted octanol–water partition coefficient (Wildman–Crippen LogP) is 2.46. The first-order valence-electron chi connectivity index (χ1n) is 7.02. The summed E-state index contributed by atoms with van der Waals surface area (Å²) in [6, 6.07) is 9.53. The van der Waals surface area contributed by atoms with E-state index in [1.165, 1.54) is 25.7 Å². The summed E-state index contributed by atoms with van der Waals surface area (Å²) in [7, 11) is 0. The van der Waals surface area contributed by atoms with Gasteiger partial charge in [-0.1, -0.05) is 56.0 Å². The van der Waals surface area contributed by atoms with Gasteiger partial charge in [-0.2, -0.15) is 0 Å². The van der Waals surface area contributed by atoms with Crippen molar-refractivity contribution in [2.75, 3.05) is 0 Å². The number of carbonyl (C=O) groups is 1. The van der Waals surface area contributed by atoms with Crippen LogP contribution < -0.4 is 11.3 Å². The van der Waals surface area contributed by atoms with E-state index in [4.69, 9.17) is 10.6 Å². The van der Waals surface area contributed by atoms with Crippen LogP contribution in [0.1, 0.15) is 50.2 Å². The molecule has 0 aliphatic heterocycles. The van der Waals surface area contributed by atoms with Crippen molar-refractivity contribution in [1.82, 2.24) is 5.43 Å². The largest absolute Gasteiger partial charge is 0.360 e. The highest BCUT2D eigenvalue weighted by Gasteiger charge is 2.25. The highest BCUT2D eigenvalue weighted by Crippen LogP contribution is 2.26. The third kappa shape index (κ3) is 4.04. The lowest BCUT2D eigenvalue weighted by Crippen LogP contribution is -2.37. The Kier molecular flexibility index (Phi) is 5.36. The maximum atomic E-state index is 11.9. The number of amides is 1. The Morgan fingerprint density at radius 1 is 1.16 bits per heavy atom. The second-order valence-corrected chi connectivity index (χ2v) is 5.05. The topological polar surface area (TPSA) is 64.3 Å². The Balaban J connectivity index is 2.07. The Hall–Kier alpha value is -1.39. The van der Waals surface area contributed by atoms with Crippen LogP contribution in [0.4, 0.5) is 0 Å². The van der Waals surface area contributed by atoms with Crippen molar-refractivity contribution in [3.8, 4) is 0 Å². The van der Waals surface area contributed by atoms with Crippen molar-refractivity contribution in [2.45, 2.75) is 50.7 Å². The third-order valence-electron chi connectivity index (χ3n) is 3.61. The van der Waals surface area contributed by atoms with E-state index in [1.807, 2.05) is 30.3 Å². The highest BCUT2D eigenvalue weighted by atomic mass is 16.5. The molecule has 0 heterocycles. The monoisotopic (exact) mass is 262 g/mol. The van der Waals surface area contributed by atoms with E-state index in [1.54, 1.807) is 0 Å². The SMILES string of the molecule is NNC(=O)C(OC1CCCCCC1)c1ccccc1. The van der Waals surface area contributed by atoms with Crippen LogP contribution >= 0.6 is 0 Å². The van der Waals surface area contributed by atoms with E-state index >= 15 is 0 Å². The van der Waals surface area contributed by atoms with Crippen molar-refractivity contribution in [3.63, 3.8) is 0 Å². The first-order valence-corrected chi connectivity index (χ1v) is 7.02. The summed E-state index contributed by atoms with van der Waals surface area (Å²) in [5, 5.41) is 0. The van der Waals surface area contributed by atoms with Gasteiger partial charge in [0, 0.05) is 0 Å². The van der Waals surface area contributed by atoms with Gasteiger partial charge in [0.2, 0.25) is 0 Å². The van der Waals surface area contributed by atoms with Crippen LogP contribution in [0.25, 0.3) is 0 Å². The average Bonchev–Trinajstić information content (AvgIpc) is 2.73. The third-order valence-corrected chi connectivity index (χ3v) is 3.61. The molecule has 2 rings (SSSR count). The molecule has 0 saturated heterocycles. The lowest BCUT2D eigenvalue weighted by atomic mass is 10.1. The molecule has 4 heteroatoms. The number of hydrogen-bond donors (Lipinski definition) is 2. The van der Waals surface area contributed by atoms with Crippen molar-refractivity contribution < 1.29 is 9.53 Å². The van der Waals surface area contributed by atoms with E-state index in [0.717, 1.165) is 18.4 Å². The Bertz CT molecular complexity index is 386. The quantitative estimate of drug-likeness (QED) is 0.379. The minimum absolute atomic E-state index is 0.157. The second kappa shape index (κ2) is 7.26. The second-order valence-electron chi connectivity index (χ2n) is 5.05. The van der Waals surface area contributed by atoms with Gasteiger partial charge in [0.25, 0.3) is 5.91 Å². The standard InChI is InChI=1S/C15H22N2O2/c16-17-15(18)14(12-8-4-3-5-9-12)19-13-10-6-1-2-7-11-13/h3-5,8-9,13-14H,1-2,6-7,10-11,16H2,(H,17,18). The molecule has 19 heavy (non-hydrogen) atoms. The number of ether oxygens (including phenoxy) is 1. The molecule has 3 N–H and O–H groups in total. The fraction of sp³-hybridized carbons (Fsp3) is 0.533. The molecule has 0 aromatic heterocycles. The van der Waals surface area contributed by atoms with Crippen molar-refractivity contribution >= 4 is 5.91 Å². The molecule has 4 nitrogen and oxygen atoms in total. The van der Waals surface area contributed by atoms with E-state index < -0.39 is 6.10 Å². The number of hydrazine groups is 1. The zero-order chi connectivity index (χ0) is 13.5. The molecule has 104 valence electrons. The predicted molar refractivity (Wildman–Crippen MR) is 74.1 cm³/mol. The summed E-state index contributed by atoms with van der Waals surface area (Å²) in [6.45, 7) is 0. The summed E-state index contributed by atoms with van der Waals surface area (Å²) >= 11 is 0. The Morgan fingerprint density at radius 2 is 1.79 bits per heavy atom. The summed E-state index contributed by atoms with van der Waals surface area (Å²) in [4.78, 5) is 11.9. The number of rotatable bonds is 4. The number of carbonyl (C=O) groups excluding carboxylic acids is 1. The Labute approximate surface area is 114 Å². The van der Waals surface area contributed by atoms with Gasteiger partial charge in [-0.25, -0.2) is 5.84 Å². The first kappa shape index (κ1) is 14.0. The van der Waals surface area contributed by atoms with Crippen LogP contribution in [0.2, 0.25) is 0 Å². The summed E-state index contributed by atoms with van der Waals surface area (Å²) in [6.07, 6.45) is 6.49. The normalized spacial score (nSPS) is 18.6. The molecule has 1 aliphatic rings. The maximum absolute atomic E-state index is 11.9. The fourth-order valence-corrected chi connectivity index (χ4v) is 2.57. The lowest BCUT2D eigenvalue weighted by molar-refractivity contribution is -0.138. The van der Waals surface area contributed by atoms with Crippen LogP contribution in [0.5, 0.6) is 0 Å². The van der Waals surface area contributed by atoms with E-state index in [-0.39, 0.29) is 12.0 Å². The van der Waals surface area contributed by atoms with Gasteiger partial charge in [-0.3, -0.25) is 10.2 Å². The number of nitrogens with one attached hydrogen (secondary N) is 1. The summed E-state index contributed by atoms with van der Waals surface area (Å²) in [5.74, 6) is 4.98. The first-order chi connectivity index (χ1) is 9.31. The van der Waals surface area contributed by atoms with E-state index in [9.17, 15) is 4.79 Å². The van der Waals surface area contributed by atoms with Gasteiger partial charge >= 0.3 is 0 Å². The maximum Gasteiger partial charge on any atom is 0.267 e. The minimum atomic E-state index is -0.603. The molecule has 1 aromatic rings. The molecule has 1 amide bonds. The molecule has 1 saturated carbocycles. The molecule has 0 radical (unpaired) electrons. The molecule has 0 bridgehead atoms. The molecule has 1 aromatic carbocycles. The van der Waals surface area contributed by atoms with Crippen LogP contribution in [-0.4, -0.2) is 12.0 Å². The fourth-order valence-electron chi connectivity index (χ4n) is 2.57. The molecular formula is C15H22N2O2. The summed E-state index contributed by atoms with van der Waals surface area (Å²) in [5.41, 5.74) is 3.06. The average molecular weight is 262 g/mol. The molecule has 1 unspecified atom stereocenters. The lowest BCUT2D eigenvalue weighted by Gasteiger charge is -2.23. The van der Waals surface area contributed by atoms with E-state index in [2.05, 4.69) is 5.43 Å². The van der Waals surface area contributed by atoms with Crippen LogP contribution in [-0.2, 0) is 9.53 Å². The van der Waals surface area contributed by atoms with Crippen molar-refractivity contribution in [1.29, 1.82) is 0 Å². The molecule has 0 spiro atoms. The zero-order valence-corrected chi connectivity index (χ0v) is 11.2. The number of benzene rings is 1. The van der Waals surface area contributed by atoms with Gasteiger partial charge in [0.1, 0.15) is 0 Å². The minimum Gasteiger partial charge on any atom is -0.360 e. The van der Waals surface area contributed by atoms with Crippen molar-refractivity contribution in [3.05, 3.63) is 35.9 Å². The molecule has 1 aliphatic carbocycles. The van der Waals surface area contributed by atoms with Crippen LogP contribution in [0.15, 0.2) is 30.3 Å². The smallest absolute Gasteiger partial charge is 0.267 e. The molecular weight excluding hydrogens is 240 g/mol. The highest BCUT2D eigenvalue weighted by molar-refractivity contribution is 5.81. The molecule has 1 atom stereocenters. The van der Waals surface area contributed by atoms with Gasteiger partial charge < -0.3 is 4.74 Å². The summed E-state index contributed by atoms with van der Waals surface area (Å²) < 4.78 is 6.02. The van der Waals surface area contributed by atoms with Gasteiger partial charge in [0.05, 0.1) is 6.10 Å². The number of hydrogen-bond acceptors (Lipinski definition) is 3. The number of nitrogens with two attached hydrogens (primary N) is 1. The van der Waals surface area contributed by atoms with Crippen LogP contribution in [0.3, 0.4) is 0 Å². The van der Waals surface area contributed by atoms with Gasteiger partial charge in [0.15, 0.2) is 6.10 Å². The van der Waals surface area contributed by atoms with Gasteiger partial charge in [-0.15, -0.1) is 0 Å². The van der Waals surface area contributed by atoms with Crippen molar-refractivity contribution in [2.24, 2.45) is 5.84 Å². The zero-order valence-electron chi connectivity index (χ0n) is 11.2.